The summed E-state index contributed by atoms with van der Waals surface area (Å²) < 4.78 is 6.96. The van der Waals surface area contributed by atoms with Crippen LogP contribution in [0.1, 0.15) is 23.2 Å². The topological polar surface area (TPSA) is 149 Å². The van der Waals surface area contributed by atoms with E-state index in [1.165, 1.54) is 29.7 Å². The number of ether oxygens (including phenoxy) is 1. The van der Waals surface area contributed by atoms with Gasteiger partial charge in [-0.2, -0.15) is 9.79 Å². The number of aliphatic hydroxyl groups excluding tert-OH is 1. The summed E-state index contributed by atoms with van der Waals surface area (Å²) in [5.74, 6) is 0.110. The van der Waals surface area contributed by atoms with Crippen molar-refractivity contribution in [3.63, 3.8) is 0 Å². The first kappa shape index (κ1) is 22.1. The molecule has 0 bridgehead atoms. The molecule has 0 saturated heterocycles. The van der Waals surface area contributed by atoms with Crippen LogP contribution in [0.2, 0.25) is 0 Å². The van der Waals surface area contributed by atoms with E-state index < -0.39 is 6.73 Å². The van der Waals surface area contributed by atoms with E-state index in [0.29, 0.717) is 28.5 Å². The summed E-state index contributed by atoms with van der Waals surface area (Å²) >= 11 is 0. The first-order chi connectivity index (χ1) is 15.9. The molecule has 4 rings (SSSR count). The van der Waals surface area contributed by atoms with Crippen molar-refractivity contribution in [2.24, 2.45) is 18.0 Å². The number of nitrogens with one attached hydrogen (secondary N) is 2. The highest BCUT2D eigenvalue weighted by Crippen LogP contribution is 2.36. The fourth-order valence-electron chi connectivity index (χ4n) is 3.31. The molecule has 3 N–H and O–H groups in total. The number of tetrazole rings is 1. The standard InChI is InChI=1S/C21H24N8O4/c1-22-21(32)14-10-29(11-30)17(24-20(31)12-7-8-12)9-16(14)23-15-6-4-5-13(18(15)33-3)19-25-27-28(2)26-19/h4-6,9-10,12,23,30H,7-8,11H2,1-3H3,(H,22,32)/b24-17+. The zero-order valence-corrected chi connectivity index (χ0v) is 18.4. The maximum Gasteiger partial charge on any atom is 0.254 e. The second-order valence-electron chi connectivity index (χ2n) is 7.49. The Balaban J connectivity index is 1.83. The Hall–Kier alpha value is -4.06. The van der Waals surface area contributed by atoms with E-state index in [1.807, 2.05) is 0 Å². The predicted molar refractivity (Wildman–Crippen MR) is 117 cm³/mol. The number of aromatic nitrogens is 5. The largest absolute Gasteiger partial charge is 0.494 e. The van der Waals surface area contributed by atoms with Gasteiger partial charge < -0.3 is 25.0 Å². The fraction of sp³-hybridized carbons (Fsp3) is 0.333. The van der Waals surface area contributed by atoms with E-state index in [2.05, 4.69) is 31.0 Å². The number of carbonyl (C=O) groups excluding carboxylic acids is 2. The Morgan fingerprint density at radius 3 is 2.70 bits per heavy atom. The Labute approximate surface area is 188 Å². The van der Waals surface area contributed by atoms with Crippen molar-refractivity contribution < 1.29 is 19.4 Å². The highest BCUT2D eigenvalue weighted by molar-refractivity contribution is 6.00. The van der Waals surface area contributed by atoms with Gasteiger partial charge in [0.2, 0.25) is 5.82 Å². The predicted octanol–water partition coefficient (Wildman–Crippen LogP) is 0.577. The molecule has 172 valence electrons. The van der Waals surface area contributed by atoms with Gasteiger partial charge in [0.25, 0.3) is 11.8 Å². The number of aliphatic hydroxyl groups is 1. The minimum atomic E-state index is -0.446. The van der Waals surface area contributed by atoms with Crippen molar-refractivity contribution >= 4 is 23.2 Å². The molecule has 0 radical (unpaired) electrons. The quantitative estimate of drug-likeness (QED) is 0.471. The maximum atomic E-state index is 12.6. The second-order valence-corrected chi connectivity index (χ2v) is 7.49. The molecule has 0 aliphatic heterocycles. The summed E-state index contributed by atoms with van der Waals surface area (Å²) in [6, 6.07) is 6.90. The van der Waals surface area contributed by atoms with Crippen LogP contribution in [0.25, 0.3) is 11.4 Å². The Bertz CT molecular complexity index is 1280. The number of hydrogen-bond acceptors (Lipinski definition) is 8. The minimum Gasteiger partial charge on any atom is -0.494 e. The van der Waals surface area contributed by atoms with Crippen molar-refractivity contribution in [1.29, 1.82) is 0 Å². The molecule has 2 amide bonds. The van der Waals surface area contributed by atoms with Crippen LogP contribution in [0.5, 0.6) is 5.75 Å². The zero-order chi connectivity index (χ0) is 23.5. The molecule has 3 aromatic rings. The normalized spacial score (nSPS) is 13.6. The van der Waals surface area contributed by atoms with Crippen LogP contribution in [0.4, 0.5) is 11.4 Å². The third-order valence-electron chi connectivity index (χ3n) is 5.16. The fourth-order valence-corrected chi connectivity index (χ4v) is 3.31. The zero-order valence-electron chi connectivity index (χ0n) is 18.4. The lowest BCUT2D eigenvalue weighted by Gasteiger charge is -2.17. The van der Waals surface area contributed by atoms with Gasteiger partial charge in [0.15, 0.2) is 5.75 Å². The molecule has 12 nitrogen and oxygen atoms in total. The molecule has 0 atom stereocenters. The van der Waals surface area contributed by atoms with Crippen molar-refractivity contribution in [2.45, 2.75) is 19.6 Å². The molecule has 33 heavy (non-hydrogen) atoms. The second kappa shape index (κ2) is 9.20. The van der Waals surface area contributed by atoms with Gasteiger partial charge in [-0.05, 0) is 30.2 Å². The van der Waals surface area contributed by atoms with Gasteiger partial charge in [0.1, 0.15) is 12.2 Å². The number of carbonyl (C=O) groups is 2. The maximum absolute atomic E-state index is 12.6. The Morgan fingerprint density at radius 1 is 1.30 bits per heavy atom. The minimum absolute atomic E-state index is 0.0802. The van der Waals surface area contributed by atoms with Crippen LogP contribution < -0.4 is 20.9 Å². The number of rotatable bonds is 7. The van der Waals surface area contributed by atoms with Gasteiger partial charge in [-0.15, -0.1) is 10.2 Å². The van der Waals surface area contributed by atoms with Gasteiger partial charge in [0, 0.05) is 25.2 Å². The molecular weight excluding hydrogens is 428 g/mol. The average molecular weight is 452 g/mol. The van der Waals surface area contributed by atoms with E-state index >= 15 is 0 Å². The van der Waals surface area contributed by atoms with Gasteiger partial charge >= 0.3 is 0 Å². The van der Waals surface area contributed by atoms with Gasteiger partial charge in [-0.25, -0.2) is 0 Å². The molecule has 12 heteroatoms. The van der Waals surface area contributed by atoms with Crippen molar-refractivity contribution in [3.8, 4) is 17.1 Å². The number of methoxy groups -OCH3 is 1. The first-order valence-electron chi connectivity index (χ1n) is 10.3. The van der Waals surface area contributed by atoms with Gasteiger partial charge in [-0.3, -0.25) is 9.59 Å². The number of para-hydroxylation sites is 1. The monoisotopic (exact) mass is 452 g/mol. The number of nitrogens with zero attached hydrogens (tertiary/aromatic N) is 6. The van der Waals surface area contributed by atoms with Gasteiger partial charge in [0.05, 0.1) is 36.7 Å². The van der Waals surface area contributed by atoms with Crippen LogP contribution in [0.15, 0.2) is 35.5 Å². The van der Waals surface area contributed by atoms with Crippen molar-refractivity contribution in [2.75, 3.05) is 19.5 Å². The number of pyridine rings is 1. The Kier molecular flexibility index (Phi) is 6.18. The lowest BCUT2D eigenvalue weighted by molar-refractivity contribution is -0.119. The molecule has 1 fully saturated rings. The lowest BCUT2D eigenvalue weighted by atomic mass is 10.1. The summed E-state index contributed by atoms with van der Waals surface area (Å²) in [5.41, 5.74) is 2.00. The summed E-state index contributed by atoms with van der Waals surface area (Å²) in [5, 5.41) is 27.7. The summed E-state index contributed by atoms with van der Waals surface area (Å²) in [6.07, 6.45) is 3.06. The van der Waals surface area contributed by atoms with Crippen LogP contribution in [-0.2, 0) is 18.6 Å². The molecule has 1 aromatic carbocycles. The van der Waals surface area contributed by atoms with E-state index in [1.54, 1.807) is 31.3 Å². The first-order valence-corrected chi connectivity index (χ1v) is 10.3. The van der Waals surface area contributed by atoms with Crippen LogP contribution in [0.3, 0.4) is 0 Å². The molecular formula is C21H24N8O4. The van der Waals surface area contributed by atoms with E-state index in [4.69, 9.17) is 4.74 Å². The van der Waals surface area contributed by atoms with E-state index in [-0.39, 0.29) is 28.8 Å². The number of amides is 2. The molecule has 2 aromatic heterocycles. The highest BCUT2D eigenvalue weighted by atomic mass is 16.5. The van der Waals surface area contributed by atoms with Gasteiger partial charge in [-0.1, -0.05) is 6.07 Å². The molecule has 2 heterocycles. The van der Waals surface area contributed by atoms with E-state index in [9.17, 15) is 14.7 Å². The third-order valence-corrected chi connectivity index (χ3v) is 5.16. The van der Waals surface area contributed by atoms with E-state index in [0.717, 1.165) is 12.8 Å². The summed E-state index contributed by atoms with van der Waals surface area (Å²) in [7, 11) is 4.68. The average Bonchev–Trinajstić information content (AvgIpc) is 3.59. The number of anilines is 2. The Morgan fingerprint density at radius 2 is 2.09 bits per heavy atom. The highest BCUT2D eigenvalue weighted by Gasteiger charge is 2.29. The molecule has 1 saturated carbocycles. The summed E-state index contributed by atoms with van der Waals surface area (Å²) in [4.78, 5) is 30.4. The molecule has 1 aliphatic carbocycles. The molecule has 0 spiro atoms. The number of aryl methyl sites for hydroxylation is 1. The summed E-state index contributed by atoms with van der Waals surface area (Å²) in [6.45, 7) is -0.446. The number of hydrogen-bond donors (Lipinski definition) is 3. The van der Waals surface area contributed by atoms with Crippen LogP contribution in [0, 0.1) is 5.92 Å². The van der Waals surface area contributed by atoms with Crippen LogP contribution in [-0.4, -0.2) is 55.9 Å². The van der Waals surface area contributed by atoms with Crippen molar-refractivity contribution in [1.82, 2.24) is 30.1 Å². The van der Waals surface area contributed by atoms with Crippen LogP contribution >= 0.6 is 0 Å². The molecule has 1 aliphatic rings. The smallest absolute Gasteiger partial charge is 0.254 e. The number of benzene rings is 1. The SMILES string of the molecule is CNC(=O)c1cn(CO)/c(=N/C(=O)C2CC2)cc1Nc1cccc(-c2nnn(C)n2)c1OC. The van der Waals surface area contributed by atoms with Crippen molar-refractivity contribution in [3.05, 3.63) is 41.5 Å². The molecule has 0 unspecified atom stereocenters. The third kappa shape index (κ3) is 4.60. The lowest BCUT2D eigenvalue weighted by Crippen LogP contribution is -2.28.